The Bertz CT molecular complexity index is 1190. The lowest BCUT2D eigenvalue weighted by Crippen LogP contribution is -2.27. The van der Waals surface area contributed by atoms with Crippen LogP contribution in [0.4, 0.5) is 0 Å². The van der Waals surface area contributed by atoms with Gasteiger partial charge in [-0.3, -0.25) is 9.36 Å². The molecule has 0 bridgehead atoms. The van der Waals surface area contributed by atoms with Crippen molar-refractivity contribution < 1.29 is 9.21 Å². The Balaban J connectivity index is 1.35. The molecule has 4 rings (SSSR count). The third-order valence-corrected chi connectivity index (χ3v) is 7.15. The van der Waals surface area contributed by atoms with Gasteiger partial charge in [0.15, 0.2) is 15.6 Å². The molecule has 33 heavy (non-hydrogen) atoms. The van der Waals surface area contributed by atoms with E-state index in [1.807, 2.05) is 34.9 Å². The smallest absolute Gasteiger partial charge is 0.230 e. The van der Waals surface area contributed by atoms with Crippen molar-refractivity contribution in [2.75, 3.05) is 18.1 Å². The third kappa shape index (κ3) is 6.75. The lowest BCUT2D eigenvalue weighted by molar-refractivity contribution is -0.118. The molecular weight excluding hydrogens is 520 g/mol. The third-order valence-electron chi connectivity index (χ3n) is 4.74. The quantitative estimate of drug-likeness (QED) is 0.206. The summed E-state index contributed by atoms with van der Waals surface area (Å²) in [5.41, 5.74) is 2.36. The van der Waals surface area contributed by atoms with Gasteiger partial charge in [0.1, 0.15) is 0 Å². The fourth-order valence-electron chi connectivity index (χ4n) is 3.10. The molecule has 0 aliphatic heterocycles. The minimum absolute atomic E-state index is 0.0268. The number of carbonyl (C=O) groups is 1. The average molecular weight is 544 g/mol. The van der Waals surface area contributed by atoms with Gasteiger partial charge in [-0.1, -0.05) is 59.8 Å². The molecule has 0 unspecified atom stereocenters. The minimum atomic E-state index is -0.0268. The second-order valence-electron chi connectivity index (χ2n) is 7.28. The van der Waals surface area contributed by atoms with Crippen LogP contribution in [0.1, 0.15) is 11.1 Å². The van der Waals surface area contributed by atoms with Crippen molar-refractivity contribution >= 4 is 45.4 Å². The fraction of sp³-hybridized carbons (Fsp3) is 0.208. The van der Waals surface area contributed by atoms with Crippen LogP contribution in [0.3, 0.4) is 0 Å². The number of rotatable bonds is 10. The first-order valence-electron chi connectivity index (χ1n) is 10.4. The Hall–Kier alpha value is -2.49. The fourth-order valence-corrected chi connectivity index (χ4v) is 4.94. The molecule has 0 saturated carbocycles. The Morgan fingerprint density at radius 2 is 1.82 bits per heavy atom. The lowest BCUT2D eigenvalue weighted by atomic mass is 10.2. The highest BCUT2D eigenvalue weighted by Crippen LogP contribution is 2.28. The highest BCUT2D eigenvalue weighted by molar-refractivity contribution is 9.10. The maximum atomic E-state index is 12.4. The highest BCUT2D eigenvalue weighted by Gasteiger charge is 2.18. The monoisotopic (exact) mass is 542 g/mol. The summed E-state index contributed by atoms with van der Waals surface area (Å²) in [5.74, 6) is 2.31. The number of carbonyl (C=O) groups excluding carboxylic acids is 1. The summed E-state index contributed by atoms with van der Waals surface area (Å²) in [6, 6.07) is 22.2. The van der Waals surface area contributed by atoms with Crippen molar-refractivity contribution in [3.63, 3.8) is 0 Å². The number of amides is 1. The van der Waals surface area contributed by atoms with Gasteiger partial charge in [-0.2, -0.15) is 0 Å². The van der Waals surface area contributed by atoms with E-state index in [-0.39, 0.29) is 11.7 Å². The van der Waals surface area contributed by atoms with Crippen LogP contribution in [0.15, 0.2) is 85.9 Å². The summed E-state index contributed by atoms with van der Waals surface area (Å²) in [7, 11) is 0. The van der Waals surface area contributed by atoms with E-state index < -0.39 is 0 Å². The molecule has 1 amide bonds. The predicted molar refractivity (Wildman–Crippen MR) is 137 cm³/mol. The Morgan fingerprint density at radius 1 is 1.03 bits per heavy atom. The van der Waals surface area contributed by atoms with Crippen molar-refractivity contribution in [2.24, 2.45) is 0 Å². The summed E-state index contributed by atoms with van der Waals surface area (Å²) in [4.78, 5) is 13.6. The van der Waals surface area contributed by atoms with Gasteiger partial charge in [0.05, 0.1) is 12.3 Å². The number of hydrogen-bond acceptors (Lipinski definition) is 6. The molecule has 0 radical (unpaired) electrons. The molecule has 0 spiro atoms. The van der Waals surface area contributed by atoms with Gasteiger partial charge in [-0.05, 0) is 52.7 Å². The number of aromatic nitrogens is 3. The lowest BCUT2D eigenvalue weighted by Gasteiger charge is -2.09. The summed E-state index contributed by atoms with van der Waals surface area (Å²) in [6.45, 7) is 3.27. The summed E-state index contributed by atoms with van der Waals surface area (Å²) >= 11 is 6.44. The molecule has 0 fully saturated rings. The molecule has 2 heterocycles. The highest BCUT2D eigenvalue weighted by atomic mass is 79.9. The van der Waals surface area contributed by atoms with Crippen molar-refractivity contribution in [2.45, 2.75) is 23.5 Å². The largest absolute Gasteiger partial charge is 0.446 e. The summed E-state index contributed by atoms with van der Waals surface area (Å²) in [5, 5.41) is 12.3. The van der Waals surface area contributed by atoms with Crippen LogP contribution in [-0.2, 0) is 11.3 Å². The maximum absolute atomic E-state index is 12.4. The summed E-state index contributed by atoms with van der Waals surface area (Å²) in [6.07, 6.45) is 0. The van der Waals surface area contributed by atoms with Crippen LogP contribution < -0.4 is 5.32 Å². The predicted octanol–water partition coefficient (Wildman–Crippen LogP) is 5.66. The SMILES string of the molecule is Cc1ccc(SCCNC(=O)CSc2nnc(-c3ccc(Br)o3)n2Cc2ccccc2)cc1. The zero-order valence-corrected chi connectivity index (χ0v) is 21.3. The van der Waals surface area contributed by atoms with Gasteiger partial charge in [0.2, 0.25) is 11.7 Å². The number of hydrogen-bond donors (Lipinski definition) is 1. The van der Waals surface area contributed by atoms with Gasteiger partial charge in [0, 0.05) is 17.2 Å². The van der Waals surface area contributed by atoms with Crippen molar-refractivity contribution in [1.82, 2.24) is 20.1 Å². The minimum Gasteiger partial charge on any atom is -0.446 e. The van der Waals surface area contributed by atoms with Crippen molar-refractivity contribution in [3.05, 3.63) is 82.5 Å². The average Bonchev–Trinajstić information content (AvgIpc) is 3.43. The molecule has 9 heteroatoms. The van der Waals surface area contributed by atoms with Crippen molar-refractivity contribution in [1.29, 1.82) is 0 Å². The van der Waals surface area contributed by atoms with Gasteiger partial charge in [0.25, 0.3) is 0 Å². The van der Waals surface area contributed by atoms with Crippen LogP contribution in [0, 0.1) is 6.92 Å². The first kappa shape index (κ1) is 23.7. The standard InChI is InChI=1S/C24H23BrN4O2S2/c1-17-7-9-19(10-8-17)32-14-13-26-22(30)16-33-24-28-27-23(20-11-12-21(25)31-20)29(24)15-18-5-3-2-4-6-18/h2-12H,13-16H2,1H3,(H,26,30). The number of furan rings is 1. The second-order valence-corrected chi connectivity index (χ2v) is 10.2. The van der Waals surface area contributed by atoms with E-state index in [0.29, 0.717) is 34.5 Å². The molecule has 4 aromatic rings. The van der Waals surface area contributed by atoms with Gasteiger partial charge in [-0.25, -0.2) is 0 Å². The van der Waals surface area contributed by atoms with E-state index in [2.05, 4.69) is 74.8 Å². The number of nitrogens with zero attached hydrogens (tertiary/aromatic N) is 3. The number of thioether (sulfide) groups is 2. The second kappa shape index (κ2) is 11.6. The Kier molecular flexibility index (Phi) is 8.30. The topological polar surface area (TPSA) is 73.0 Å². The van der Waals surface area contributed by atoms with E-state index >= 15 is 0 Å². The zero-order chi connectivity index (χ0) is 23.0. The molecule has 6 nitrogen and oxygen atoms in total. The van der Waals surface area contributed by atoms with Gasteiger partial charge in [-0.15, -0.1) is 22.0 Å². The molecule has 170 valence electrons. The van der Waals surface area contributed by atoms with Crippen LogP contribution in [0.5, 0.6) is 0 Å². The van der Waals surface area contributed by atoms with Crippen LogP contribution >= 0.6 is 39.5 Å². The van der Waals surface area contributed by atoms with Crippen molar-refractivity contribution in [3.8, 4) is 11.6 Å². The van der Waals surface area contributed by atoms with E-state index in [1.54, 1.807) is 11.8 Å². The van der Waals surface area contributed by atoms with E-state index in [1.165, 1.54) is 22.2 Å². The van der Waals surface area contributed by atoms with E-state index in [9.17, 15) is 4.79 Å². The van der Waals surface area contributed by atoms with E-state index in [0.717, 1.165) is 11.3 Å². The molecule has 2 aromatic carbocycles. The molecular formula is C24H23BrN4O2S2. The Morgan fingerprint density at radius 3 is 2.55 bits per heavy atom. The number of nitrogens with one attached hydrogen (secondary N) is 1. The van der Waals surface area contributed by atoms with Crippen LogP contribution in [0.25, 0.3) is 11.6 Å². The molecule has 0 saturated heterocycles. The van der Waals surface area contributed by atoms with Crippen LogP contribution in [0.2, 0.25) is 0 Å². The number of aryl methyl sites for hydroxylation is 1. The molecule has 0 aliphatic carbocycles. The van der Waals surface area contributed by atoms with Gasteiger partial charge >= 0.3 is 0 Å². The van der Waals surface area contributed by atoms with Gasteiger partial charge < -0.3 is 9.73 Å². The molecule has 2 aromatic heterocycles. The first-order valence-corrected chi connectivity index (χ1v) is 13.2. The Labute approximate surface area is 209 Å². The van der Waals surface area contributed by atoms with E-state index in [4.69, 9.17) is 4.42 Å². The van der Waals surface area contributed by atoms with Crippen LogP contribution in [-0.4, -0.2) is 38.7 Å². The maximum Gasteiger partial charge on any atom is 0.230 e. The number of halogens is 1. The number of benzene rings is 2. The first-order chi connectivity index (χ1) is 16.1. The molecule has 1 N–H and O–H groups in total. The molecule has 0 atom stereocenters. The molecule has 0 aliphatic rings. The summed E-state index contributed by atoms with van der Waals surface area (Å²) < 4.78 is 8.30. The normalized spacial score (nSPS) is 11.0. The zero-order valence-electron chi connectivity index (χ0n) is 18.0.